The van der Waals surface area contributed by atoms with Gasteiger partial charge in [-0.25, -0.2) is 4.98 Å². The minimum atomic E-state index is -0.308. The van der Waals surface area contributed by atoms with Crippen molar-refractivity contribution in [2.75, 3.05) is 20.3 Å². The first-order valence-corrected chi connectivity index (χ1v) is 10.7. The molecule has 1 fully saturated rings. The fourth-order valence-electron chi connectivity index (χ4n) is 3.84. The lowest BCUT2D eigenvalue weighted by Gasteiger charge is -2.24. The van der Waals surface area contributed by atoms with E-state index >= 15 is 0 Å². The van der Waals surface area contributed by atoms with Crippen molar-refractivity contribution >= 4 is 46.0 Å². The maximum absolute atomic E-state index is 12.9. The Bertz CT molecular complexity index is 1130. The van der Waals surface area contributed by atoms with Gasteiger partial charge < -0.3 is 19.9 Å². The molecule has 1 saturated heterocycles. The lowest BCUT2D eigenvalue weighted by molar-refractivity contribution is 0.0630. The number of fused-ring (bicyclic) bond motifs is 1. The highest BCUT2D eigenvalue weighted by atomic mass is 35.5. The number of carbonyl (C=O) groups excluding carboxylic acids is 2. The van der Waals surface area contributed by atoms with E-state index in [9.17, 15) is 9.59 Å². The molecule has 4 rings (SSSR count). The fraction of sp³-hybridized carbons (Fsp3) is 0.318. The summed E-state index contributed by atoms with van der Waals surface area (Å²) in [5.74, 6) is 0.164. The second-order valence-corrected chi connectivity index (χ2v) is 8.32. The molecule has 0 aliphatic carbocycles. The predicted octanol–water partition coefficient (Wildman–Crippen LogP) is 4.05. The molecule has 1 aliphatic rings. The van der Waals surface area contributed by atoms with Crippen LogP contribution in [0.4, 0.5) is 0 Å². The number of hydrogen-bond acceptors (Lipinski definition) is 4. The van der Waals surface area contributed by atoms with Crippen LogP contribution in [-0.4, -0.2) is 53.0 Å². The summed E-state index contributed by atoms with van der Waals surface area (Å²) in [7, 11) is 1.63. The summed E-state index contributed by atoms with van der Waals surface area (Å²) < 4.78 is 5.22. The SMILES string of the molecule is COCC1CCCN1C(=O)c1ccc(C(=O)NCc2nc3ccc(Cl)cc3[nH]2)cc1Cl. The molecule has 2 N–H and O–H groups in total. The van der Waals surface area contributed by atoms with Crippen LogP contribution >= 0.6 is 23.2 Å². The van der Waals surface area contributed by atoms with E-state index in [1.807, 2.05) is 6.07 Å². The standard InChI is InChI=1S/C22H22Cl2N4O3/c1-31-12-15-3-2-8-28(15)22(30)16-6-4-13(9-17(16)24)21(29)25-11-20-26-18-7-5-14(23)10-19(18)27-20/h4-7,9-10,15H,2-3,8,11-12H2,1H3,(H,25,29)(H,26,27). The number of imidazole rings is 1. The molecule has 0 saturated carbocycles. The van der Waals surface area contributed by atoms with Gasteiger partial charge in [0, 0.05) is 24.2 Å². The number of aromatic nitrogens is 2. The van der Waals surface area contributed by atoms with Crippen molar-refractivity contribution in [3.63, 3.8) is 0 Å². The Morgan fingerprint density at radius 3 is 2.87 bits per heavy atom. The third-order valence-electron chi connectivity index (χ3n) is 5.37. The van der Waals surface area contributed by atoms with E-state index in [1.165, 1.54) is 6.07 Å². The van der Waals surface area contributed by atoms with Gasteiger partial charge >= 0.3 is 0 Å². The number of H-pyrrole nitrogens is 1. The van der Waals surface area contributed by atoms with Gasteiger partial charge in [0.1, 0.15) is 5.82 Å². The van der Waals surface area contributed by atoms with Crippen molar-refractivity contribution in [3.8, 4) is 0 Å². The number of ether oxygens (including phenoxy) is 1. The number of halogens is 2. The van der Waals surface area contributed by atoms with Crippen LogP contribution in [0.5, 0.6) is 0 Å². The first-order chi connectivity index (χ1) is 15.0. The monoisotopic (exact) mass is 460 g/mol. The van der Waals surface area contributed by atoms with Crippen molar-refractivity contribution < 1.29 is 14.3 Å². The number of hydrogen-bond donors (Lipinski definition) is 2. The summed E-state index contributed by atoms with van der Waals surface area (Å²) in [5, 5.41) is 3.67. The first-order valence-electron chi connectivity index (χ1n) is 9.98. The molecule has 7 nitrogen and oxygen atoms in total. The molecule has 2 heterocycles. The van der Waals surface area contributed by atoms with Gasteiger partial charge in [0.2, 0.25) is 0 Å². The van der Waals surface area contributed by atoms with Gasteiger partial charge in [-0.1, -0.05) is 23.2 Å². The molecule has 1 aromatic heterocycles. The topological polar surface area (TPSA) is 87.3 Å². The number of nitrogens with one attached hydrogen (secondary N) is 2. The van der Waals surface area contributed by atoms with Gasteiger partial charge in [0.25, 0.3) is 11.8 Å². The van der Waals surface area contributed by atoms with Crippen molar-refractivity contribution in [3.05, 3.63) is 63.4 Å². The molecule has 0 radical (unpaired) electrons. The van der Waals surface area contributed by atoms with Crippen LogP contribution in [0.1, 0.15) is 39.4 Å². The average molecular weight is 461 g/mol. The third kappa shape index (κ3) is 4.69. The number of aromatic amines is 1. The van der Waals surface area contributed by atoms with Gasteiger partial charge in [0.15, 0.2) is 0 Å². The minimum Gasteiger partial charge on any atom is -0.383 e. The zero-order chi connectivity index (χ0) is 22.0. The summed E-state index contributed by atoms with van der Waals surface area (Å²) in [6.07, 6.45) is 1.84. The van der Waals surface area contributed by atoms with Crippen LogP contribution in [0.3, 0.4) is 0 Å². The summed E-state index contributed by atoms with van der Waals surface area (Å²) in [6, 6.07) is 10.1. The second kappa shape index (κ2) is 9.26. The van der Waals surface area contributed by atoms with Gasteiger partial charge in [0.05, 0.1) is 40.8 Å². The fourth-order valence-corrected chi connectivity index (χ4v) is 4.27. The Kier molecular flexibility index (Phi) is 6.46. The number of benzene rings is 2. The van der Waals surface area contributed by atoms with E-state index < -0.39 is 0 Å². The molecule has 1 atom stereocenters. The minimum absolute atomic E-state index is 0.0511. The number of amides is 2. The van der Waals surface area contributed by atoms with E-state index in [4.69, 9.17) is 27.9 Å². The van der Waals surface area contributed by atoms with Crippen molar-refractivity contribution in [1.29, 1.82) is 0 Å². The van der Waals surface area contributed by atoms with E-state index in [2.05, 4.69) is 15.3 Å². The van der Waals surface area contributed by atoms with Crippen LogP contribution in [0.25, 0.3) is 11.0 Å². The van der Waals surface area contributed by atoms with Crippen molar-refractivity contribution in [1.82, 2.24) is 20.2 Å². The van der Waals surface area contributed by atoms with Crippen molar-refractivity contribution in [2.24, 2.45) is 0 Å². The number of methoxy groups -OCH3 is 1. The van der Waals surface area contributed by atoms with E-state index in [1.54, 1.807) is 36.3 Å². The van der Waals surface area contributed by atoms with Gasteiger partial charge in [-0.05, 0) is 49.2 Å². The lowest BCUT2D eigenvalue weighted by Crippen LogP contribution is -2.38. The second-order valence-electron chi connectivity index (χ2n) is 7.47. The normalized spacial score (nSPS) is 16.1. The number of rotatable bonds is 6. The molecule has 9 heteroatoms. The van der Waals surface area contributed by atoms with Gasteiger partial charge in [-0.2, -0.15) is 0 Å². The predicted molar refractivity (Wildman–Crippen MR) is 120 cm³/mol. The average Bonchev–Trinajstić information content (AvgIpc) is 3.38. The molecule has 2 aromatic carbocycles. The van der Waals surface area contributed by atoms with Gasteiger partial charge in [-0.3, -0.25) is 9.59 Å². The lowest BCUT2D eigenvalue weighted by atomic mass is 10.1. The Morgan fingerprint density at radius 1 is 1.26 bits per heavy atom. The molecule has 0 bridgehead atoms. The molecule has 162 valence electrons. The Labute approximate surface area is 189 Å². The Hall–Kier alpha value is -2.61. The molecule has 3 aromatic rings. The largest absolute Gasteiger partial charge is 0.383 e. The molecule has 2 amide bonds. The van der Waals surface area contributed by atoms with Crippen LogP contribution in [0.15, 0.2) is 36.4 Å². The zero-order valence-electron chi connectivity index (χ0n) is 17.0. The molecular formula is C22H22Cl2N4O3. The van der Waals surface area contributed by atoms with Crippen LogP contribution in [0, 0.1) is 0 Å². The van der Waals surface area contributed by atoms with E-state index in [0.29, 0.717) is 35.1 Å². The quantitative estimate of drug-likeness (QED) is 0.580. The molecule has 0 spiro atoms. The third-order valence-corrected chi connectivity index (χ3v) is 5.92. The van der Waals surface area contributed by atoms with Crippen LogP contribution in [0.2, 0.25) is 10.0 Å². The Morgan fingerprint density at radius 2 is 2.10 bits per heavy atom. The zero-order valence-corrected chi connectivity index (χ0v) is 18.5. The number of nitrogens with zero attached hydrogens (tertiary/aromatic N) is 2. The summed E-state index contributed by atoms with van der Waals surface area (Å²) >= 11 is 12.4. The summed E-state index contributed by atoms with van der Waals surface area (Å²) in [6.45, 7) is 1.39. The number of carbonyl (C=O) groups is 2. The van der Waals surface area contributed by atoms with Gasteiger partial charge in [-0.15, -0.1) is 0 Å². The van der Waals surface area contributed by atoms with Crippen LogP contribution in [-0.2, 0) is 11.3 Å². The smallest absolute Gasteiger partial charge is 0.255 e. The highest BCUT2D eigenvalue weighted by molar-refractivity contribution is 6.34. The highest BCUT2D eigenvalue weighted by Crippen LogP contribution is 2.25. The maximum Gasteiger partial charge on any atom is 0.255 e. The van der Waals surface area contributed by atoms with E-state index in [0.717, 1.165) is 23.9 Å². The van der Waals surface area contributed by atoms with Crippen LogP contribution < -0.4 is 5.32 Å². The Balaban J connectivity index is 1.43. The molecule has 1 unspecified atom stereocenters. The summed E-state index contributed by atoms with van der Waals surface area (Å²) in [4.78, 5) is 34.8. The summed E-state index contributed by atoms with van der Waals surface area (Å²) in [5.41, 5.74) is 2.33. The number of likely N-dealkylation sites (tertiary alicyclic amines) is 1. The molecular weight excluding hydrogens is 439 g/mol. The molecule has 31 heavy (non-hydrogen) atoms. The maximum atomic E-state index is 12.9. The van der Waals surface area contributed by atoms with Crippen molar-refractivity contribution in [2.45, 2.75) is 25.4 Å². The van der Waals surface area contributed by atoms with E-state index in [-0.39, 0.29) is 29.4 Å². The molecule has 1 aliphatic heterocycles. The first kappa shape index (κ1) is 21.6. The highest BCUT2D eigenvalue weighted by Gasteiger charge is 2.30.